The highest BCUT2D eigenvalue weighted by Crippen LogP contribution is 2.07. The third-order valence-electron chi connectivity index (χ3n) is 5.68. The molecule has 0 aliphatic carbocycles. The fraction of sp³-hybridized carbons (Fsp3) is 0.696. The number of rotatable bonds is 7. The second-order valence-corrected chi connectivity index (χ2v) is 9.34. The monoisotopic (exact) mass is 540 g/mol. The van der Waals surface area contributed by atoms with Gasteiger partial charge in [-0.1, -0.05) is 20.3 Å². The number of guanidine groups is 1. The van der Waals surface area contributed by atoms with Crippen LogP contribution in [-0.4, -0.2) is 84.3 Å². The number of aliphatic carboxylic acids is 1. The Kier molecular flexibility index (Phi) is 14.2. The third kappa shape index (κ3) is 12.9. The Morgan fingerprint density at radius 1 is 0.921 bits per heavy atom. The molecule has 1 heterocycles. The molecule has 214 valence electrons. The lowest BCUT2D eigenvalue weighted by Gasteiger charge is -2.25. The van der Waals surface area contributed by atoms with E-state index in [0.29, 0.717) is 25.7 Å². The molecule has 10 N–H and O–H groups in total. The Hall–Kier alpha value is -3.91. The Balaban J connectivity index is 3.09. The molecule has 5 amide bonds. The summed E-state index contributed by atoms with van der Waals surface area (Å²) in [5.74, 6) is -4.72. The minimum atomic E-state index is -1.34. The molecule has 15 nitrogen and oxygen atoms in total. The van der Waals surface area contributed by atoms with Crippen LogP contribution in [-0.2, 0) is 28.8 Å². The zero-order valence-corrected chi connectivity index (χ0v) is 21.9. The summed E-state index contributed by atoms with van der Waals surface area (Å²) in [5.41, 5.74) is 10.6. The topological polar surface area (TPSA) is 247 Å². The summed E-state index contributed by atoms with van der Waals surface area (Å²) >= 11 is 0. The Bertz CT molecular complexity index is 889. The molecule has 1 fully saturated rings. The number of hydrogen-bond donors (Lipinski definition) is 8. The zero-order chi connectivity index (χ0) is 28.7. The molecule has 0 bridgehead atoms. The minimum Gasteiger partial charge on any atom is -0.481 e. The molecular weight excluding hydrogens is 500 g/mol. The minimum absolute atomic E-state index is 0.124. The van der Waals surface area contributed by atoms with Gasteiger partial charge in [0.15, 0.2) is 5.96 Å². The van der Waals surface area contributed by atoms with E-state index in [1.807, 2.05) is 0 Å². The molecule has 0 radical (unpaired) electrons. The first kappa shape index (κ1) is 32.1. The van der Waals surface area contributed by atoms with Crippen LogP contribution in [0, 0.1) is 5.92 Å². The van der Waals surface area contributed by atoms with E-state index in [1.54, 1.807) is 13.8 Å². The molecule has 0 aromatic carbocycles. The molecular formula is C23H40N8O7. The van der Waals surface area contributed by atoms with Crippen molar-refractivity contribution in [2.75, 3.05) is 19.6 Å². The van der Waals surface area contributed by atoms with Crippen LogP contribution >= 0.6 is 0 Å². The van der Waals surface area contributed by atoms with Crippen molar-refractivity contribution in [2.45, 2.75) is 76.9 Å². The highest BCUT2D eigenvalue weighted by molar-refractivity contribution is 5.95. The number of carbonyl (C=O) groups is 6. The lowest BCUT2D eigenvalue weighted by atomic mass is 10.0. The molecule has 3 atom stereocenters. The lowest BCUT2D eigenvalue weighted by molar-refractivity contribution is -0.140. The van der Waals surface area contributed by atoms with Crippen molar-refractivity contribution in [1.29, 1.82) is 0 Å². The molecule has 0 unspecified atom stereocenters. The molecule has 0 spiro atoms. The van der Waals surface area contributed by atoms with Crippen LogP contribution in [0.4, 0.5) is 0 Å². The van der Waals surface area contributed by atoms with E-state index < -0.39 is 60.7 Å². The largest absolute Gasteiger partial charge is 0.481 e. The summed E-state index contributed by atoms with van der Waals surface area (Å²) in [6.45, 7) is 3.37. The summed E-state index contributed by atoms with van der Waals surface area (Å²) in [5, 5.41) is 21.7. The van der Waals surface area contributed by atoms with Gasteiger partial charge < -0.3 is 43.2 Å². The maximum Gasteiger partial charge on any atom is 0.305 e. The number of aliphatic imine (C=N–C) groups is 1. The van der Waals surface area contributed by atoms with Gasteiger partial charge in [0.25, 0.3) is 0 Å². The first-order valence-corrected chi connectivity index (χ1v) is 12.6. The summed E-state index contributed by atoms with van der Waals surface area (Å²) in [4.78, 5) is 78.2. The van der Waals surface area contributed by atoms with Gasteiger partial charge in [0.05, 0.1) is 13.0 Å². The number of carboxylic acids is 1. The van der Waals surface area contributed by atoms with Gasteiger partial charge in [-0.05, 0) is 31.6 Å². The van der Waals surface area contributed by atoms with E-state index in [4.69, 9.17) is 16.6 Å². The molecule has 0 saturated carbocycles. The van der Waals surface area contributed by atoms with E-state index in [1.165, 1.54) is 0 Å². The summed E-state index contributed by atoms with van der Waals surface area (Å²) in [6.07, 6.45) is 1.58. The molecule has 1 rings (SSSR count). The maximum atomic E-state index is 13.0. The molecule has 1 saturated heterocycles. The number of amides is 5. The van der Waals surface area contributed by atoms with Gasteiger partial charge in [-0.2, -0.15) is 0 Å². The fourth-order valence-corrected chi connectivity index (χ4v) is 3.66. The number of nitrogens with two attached hydrogens (primary N) is 2. The van der Waals surface area contributed by atoms with Gasteiger partial charge in [0, 0.05) is 19.5 Å². The number of hydrogen-bond acceptors (Lipinski definition) is 7. The normalized spacial score (nSPS) is 22.9. The van der Waals surface area contributed by atoms with E-state index in [-0.39, 0.29) is 43.7 Å². The summed E-state index contributed by atoms with van der Waals surface area (Å²) in [6, 6.07) is -3.31. The number of nitrogens with zero attached hydrogens (tertiary/aromatic N) is 1. The molecule has 0 aromatic heterocycles. The van der Waals surface area contributed by atoms with Crippen LogP contribution < -0.4 is 38.1 Å². The lowest BCUT2D eigenvalue weighted by Crippen LogP contribution is -2.56. The van der Waals surface area contributed by atoms with Crippen molar-refractivity contribution in [3.63, 3.8) is 0 Å². The van der Waals surface area contributed by atoms with E-state index >= 15 is 0 Å². The quantitative estimate of drug-likeness (QED) is 0.0958. The molecule has 15 heteroatoms. The number of carbonyl (C=O) groups excluding carboxylic acids is 5. The third-order valence-corrected chi connectivity index (χ3v) is 5.68. The molecule has 1 aliphatic heterocycles. The average molecular weight is 541 g/mol. The average Bonchev–Trinajstić information content (AvgIpc) is 2.83. The first-order chi connectivity index (χ1) is 17.9. The number of nitrogens with one attached hydrogen (secondary N) is 5. The smallest absolute Gasteiger partial charge is 0.305 e. The van der Waals surface area contributed by atoms with Crippen molar-refractivity contribution in [2.24, 2.45) is 22.4 Å². The Morgan fingerprint density at radius 2 is 1.61 bits per heavy atom. The van der Waals surface area contributed by atoms with Crippen LogP contribution in [0.3, 0.4) is 0 Å². The second-order valence-electron chi connectivity index (χ2n) is 9.34. The van der Waals surface area contributed by atoms with Crippen LogP contribution in [0.1, 0.15) is 58.8 Å². The first-order valence-electron chi connectivity index (χ1n) is 12.6. The van der Waals surface area contributed by atoms with Gasteiger partial charge in [0.2, 0.25) is 29.5 Å². The Labute approximate surface area is 221 Å². The second kappa shape index (κ2) is 16.8. The van der Waals surface area contributed by atoms with Gasteiger partial charge in [0.1, 0.15) is 18.1 Å². The van der Waals surface area contributed by atoms with Gasteiger partial charge in [-0.25, -0.2) is 0 Å². The van der Waals surface area contributed by atoms with Crippen molar-refractivity contribution >= 4 is 41.5 Å². The standard InChI is InChI=1S/C23H40N8O7/c1-13(2)19-22(38)30-14(7-6-10-27-23(24)25)20(36)28-12-17(33)29-15(11-18(34)35)21(37)26-9-5-3-4-8-16(32)31-19/h13-15,19H,3-12H2,1-2H3,(H,26,37)(H,28,36)(H,29,33)(H,30,38)(H,31,32)(H,34,35)(H4,24,25,27)/t14-,15-,19-/m0/s1. The highest BCUT2D eigenvalue weighted by Gasteiger charge is 2.29. The SMILES string of the molecule is CC(C)[C@@H]1NC(=O)CCCCCNC(=O)[C@H](CC(=O)O)NC(=O)CNC(=O)[C@H](CCCN=C(N)N)NC1=O. The van der Waals surface area contributed by atoms with E-state index in [0.717, 1.165) is 0 Å². The predicted octanol–water partition coefficient (Wildman–Crippen LogP) is -2.57. The van der Waals surface area contributed by atoms with Crippen LogP contribution in [0.25, 0.3) is 0 Å². The van der Waals surface area contributed by atoms with Crippen molar-refractivity contribution in [3.05, 3.63) is 0 Å². The van der Waals surface area contributed by atoms with Gasteiger partial charge >= 0.3 is 5.97 Å². The van der Waals surface area contributed by atoms with Crippen LogP contribution in [0.15, 0.2) is 4.99 Å². The maximum absolute atomic E-state index is 13.0. The summed E-state index contributed by atoms with van der Waals surface area (Å²) in [7, 11) is 0. The number of carboxylic acid groups (broad SMARTS) is 1. The van der Waals surface area contributed by atoms with Crippen molar-refractivity contribution < 1.29 is 33.9 Å². The Morgan fingerprint density at radius 3 is 2.24 bits per heavy atom. The molecule has 38 heavy (non-hydrogen) atoms. The van der Waals surface area contributed by atoms with Crippen molar-refractivity contribution in [3.8, 4) is 0 Å². The zero-order valence-electron chi connectivity index (χ0n) is 21.9. The van der Waals surface area contributed by atoms with Crippen LogP contribution in [0.5, 0.6) is 0 Å². The summed E-state index contributed by atoms with van der Waals surface area (Å²) < 4.78 is 0. The van der Waals surface area contributed by atoms with E-state index in [9.17, 15) is 28.8 Å². The predicted molar refractivity (Wildman–Crippen MR) is 137 cm³/mol. The molecule has 0 aromatic rings. The highest BCUT2D eigenvalue weighted by atomic mass is 16.4. The van der Waals surface area contributed by atoms with Crippen molar-refractivity contribution in [1.82, 2.24) is 26.6 Å². The van der Waals surface area contributed by atoms with Gasteiger partial charge in [-0.15, -0.1) is 0 Å². The van der Waals surface area contributed by atoms with Gasteiger partial charge in [-0.3, -0.25) is 33.8 Å². The fourth-order valence-electron chi connectivity index (χ4n) is 3.66. The van der Waals surface area contributed by atoms with Crippen LogP contribution in [0.2, 0.25) is 0 Å². The van der Waals surface area contributed by atoms with E-state index in [2.05, 4.69) is 31.6 Å². The molecule has 1 aliphatic rings.